The Kier molecular flexibility index (Phi) is 7.86. The van der Waals surface area contributed by atoms with Crippen molar-refractivity contribution in [1.29, 1.82) is 5.26 Å². The molecule has 2 heterocycles. The minimum absolute atomic E-state index is 0.00615. The maximum absolute atomic E-state index is 15.5. The van der Waals surface area contributed by atoms with E-state index in [9.17, 15) is 14.3 Å². The van der Waals surface area contributed by atoms with Crippen LogP contribution in [0.3, 0.4) is 0 Å². The van der Waals surface area contributed by atoms with E-state index in [2.05, 4.69) is 0 Å². The predicted molar refractivity (Wildman–Crippen MR) is 156 cm³/mol. The molecule has 1 unspecified atom stereocenters. The fourth-order valence-corrected chi connectivity index (χ4v) is 5.37. The standard InChI is InChI=1S/C34H27F2N3O4/c35-29-14-22(18-37)6-8-25(29)20-43-26-4-1-3-23(16-26)28-10-7-21(13-30(28)36)15-33-38-31-11-9-24(34(40)41)17-32(31)39(33)19-27-5-2-12-42-27/h1,3-4,6-11,13-14,16-17,27H,2,5,12,15,19-20H2,(H,40,41). The SMILES string of the molecule is N#Cc1ccc(COc2cccc(-c3ccc(Cc4nc5ccc(C(=O)O)cc5n4CC4CCCO4)cc3F)c2)c(F)c1. The molecule has 1 aromatic heterocycles. The van der Waals surface area contributed by atoms with E-state index in [1.165, 1.54) is 24.3 Å². The quantitative estimate of drug-likeness (QED) is 0.204. The van der Waals surface area contributed by atoms with Crippen LogP contribution in [-0.2, 0) is 24.3 Å². The molecule has 0 spiro atoms. The fourth-order valence-electron chi connectivity index (χ4n) is 5.37. The molecule has 5 aromatic rings. The number of rotatable bonds is 9. The summed E-state index contributed by atoms with van der Waals surface area (Å²) in [4.78, 5) is 16.4. The Labute approximate surface area is 246 Å². The number of hydrogen-bond donors (Lipinski definition) is 1. The minimum Gasteiger partial charge on any atom is -0.489 e. The van der Waals surface area contributed by atoms with Crippen LogP contribution in [0.2, 0.25) is 0 Å². The van der Waals surface area contributed by atoms with Crippen LogP contribution in [0.5, 0.6) is 5.75 Å². The van der Waals surface area contributed by atoms with Gasteiger partial charge in [0.05, 0.1) is 40.9 Å². The van der Waals surface area contributed by atoms with Gasteiger partial charge in [0, 0.05) is 24.2 Å². The van der Waals surface area contributed by atoms with Gasteiger partial charge in [-0.15, -0.1) is 0 Å². The van der Waals surface area contributed by atoms with E-state index in [1.807, 2.05) is 16.7 Å². The molecule has 0 aliphatic carbocycles. The summed E-state index contributed by atoms with van der Waals surface area (Å²) in [6.07, 6.45) is 2.23. The highest BCUT2D eigenvalue weighted by Crippen LogP contribution is 2.29. The molecular formula is C34H27F2N3O4. The van der Waals surface area contributed by atoms with Gasteiger partial charge in [-0.2, -0.15) is 5.26 Å². The van der Waals surface area contributed by atoms with Gasteiger partial charge in [-0.25, -0.2) is 18.6 Å². The van der Waals surface area contributed by atoms with E-state index in [0.29, 0.717) is 64.4 Å². The lowest BCUT2D eigenvalue weighted by molar-refractivity contribution is 0.0697. The summed E-state index contributed by atoms with van der Waals surface area (Å²) in [6.45, 7) is 1.19. The van der Waals surface area contributed by atoms with Crippen LogP contribution in [0.4, 0.5) is 8.78 Å². The van der Waals surface area contributed by atoms with Crippen molar-refractivity contribution >= 4 is 17.0 Å². The third kappa shape index (κ3) is 6.10. The lowest BCUT2D eigenvalue weighted by Gasteiger charge is -2.15. The van der Waals surface area contributed by atoms with Gasteiger partial charge in [0.1, 0.15) is 29.8 Å². The Hall–Kier alpha value is -5.07. The van der Waals surface area contributed by atoms with Crippen LogP contribution >= 0.6 is 0 Å². The highest BCUT2D eigenvalue weighted by atomic mass is 19.1. The number of halogens is 2. The van der Waals surface area contributed by atoms with Crippen molar-refractivity contribution in [2.75, 3.05) is 6.61 Å². The highest BCUT2D eigenvalue weighted by molar-refractivity contribution is 5.92. The van der Waals surface area contributed by atoms with Gasteiger partial charge >= 0.3 is 5.97 Å². The zero-order valence-electron chi connectivity index (χ0n) is 23.1. The molecule has 0 bridgehead atoms. The van der Waals surface area contributed by atoms with Crippen molar-refractivity contribution in [2.24, 2.45) is 0 Å². The van der Waals surface area contributed by atoms with Gasteiger partial charge in [0.15, 0.2) is 0 Å². The van der Waals surface area contributed by atoms with E-state index < -0.39 is 17.6 Å². The predicted octanol–water partition coefficient (Wildman–Crippen LogP) is 6.90. The van der Waals surface area contributed by atoms with E-state index in [0.717, 1.165) is 18.9 Å². The van der Waals surface area contributed by atoms with Gasteiger partial charge in [-0.1, -0.05) is 30.3 Å². The summed E-state index contributed by atoms with van der Waals surface area (Å²) in [5.41, 5.74) is 3.81. The molecule has 1 N–H and O–H groups in total. The first-order valence-corrected chi connectivity index (χ1v) is 13.9. The van der Waals surface area contributed by atoms with Crippen LogP contribution in [0.1, 0.15) is 45.7 Å². The highest BCUT2D eigenvalue weighted by Gasteiger charge is 2.21. The third-order valence-corrected chi connectivity index (χ3v) is 7.60. The fraction of sp³-hybridized carbons (Fsp3) is 0.206. The Balaban J connectivity index is 1.23. The smallest absolute Gasteiger partial charge is 0.335 e. The average molecular weight is 580 g/mol. The summed E-state index contributed by atoms with van der Waals surface area (Å²) in [6, 6.07) is 22.9. The second kappa shape index (κ2) is 12.0. The first-order chi connectivity index (χ1) is 20.9. The second-order valence-corrected chi connectivity index (χ2v) is 10.5. The number of nitrogens with zero attached hydrogens (tertiary/aromatic N) is 3. The lowest BCUT2D eigenvalue weighted by atomic mass is 10.0. The van der Waals surface area contributed by atoms with Gasteiger partial charge in [0.25, 0.3) is 0 Å². The van der Waals surface area contributed by atoms with Gasteiger partial charge in [0.2, 0.25) is 0 Å². The van der Waals surface area contributed by atoms with E-state index in [-0.39, 0.29) is 23.8 Å². The molecule has 9 heteroatoms. The summed E-state index contributed by atoms with van der Waals surface area (Å²) in [7, 11) is 0. The molecule has 6 rings (SSSR count). The number of hydrogen-bond acceptors (Lipinski definition) is 5. The first-order valence-electron chi connectivity index (χ1n) is 13.9. The maximum Gasteiger partial charge on any atom is 0.335 e. The van der Waals surface area contributed by atoms with E-state index in [1.54, 1.807) is 42.5 Å². The summed E-state index contributed by atoms with van der Waals surface area (Å²) in [5.74, 6) is -0.799. The van der Waals surface area contributed by atoms with E-state index >= 15 is 4.39 Å². The Morgan fingerprint density at radius 3 is 2.70 bits per heavy atom. The van der Waals surface area contributed by atoms with E-state index in [4.69, 9.17) is 19.7 Å². The van der Waals surface area contributed by atoms with Crippen molar-refractivity contribution in [1.82, 2.24) is 9.55 Å². The molecule has 43 heavy (non-hydrogen) atoms. The molecule has 1 saturated heterocycles. The number of nitriles is 1. The van der Waals surface area contributed by atoms with Crippen molar-refractivity contribution < 1.29 is 28.2 Å². The first kappa shape index (κ1) is 28.1. The lowest BCUT2D eigenvalue weighted by Crippen LogP contribution is -2.17. The van der Waals surface area contributed by atoms with Gasteiger partial charge in [-0.05, 0) is 72.5 Å². The number of aromatic nitrogens is 2. The number of imidazole rings is 1. The number of carboxylic acids is 1. The molecule has 1 aliphatic heterocycles. The number of fused-ring (bicyclic) bond motifs is 1. The molecule has 0 saturated carbocycles. The van der Waals surface area contributed by atoms with Crippen molar-refractivity contribution in [2.45, 2.75) is 38.5 Å². The van der Waals surface area contributed by atoms with Gasteiger partial charge < -0.3 is 19.1 Å². The number of carbonyl (C=O) groups is 1. The van der Waals surface area contributed by atoms with Gasteiger partial charge in [-0.3, -0.25) is 0 Å². The third-order valence-electron chi connectivity index (χ3n) is 7.60. The Morgan fingerprint density at radius 1 is 1.07 bits per heavy atom. The van der Waals surface area contributed by atoms with Crippen LogP contribution < -0.4 is 4.74 Å². The van der Waals surface area contributed by atoms with Crippen molar-refractivity contribution in [3.63, 3.8) is 0 Å². The molecule has 216 valence electrons. The van der Waals surface area contributed by atoms with Crippen LogP contribution in [-0.4, -0.2) is 33.3 Å². The summed E-state index contributed by atoms with van der Waals surface area (Å²) < 4.78 is 43.3. The number of benzene rings is 4. The summed E-state index contributed by atoms with van der Waals surface area (Å²) >= 11 is 0. The Morgan fingerprint density at radius 2 is 1.95 bits per heavy atom. The molecular weight excluding hydrogens is 552 g/mol. The topological polar surface area (TPSA) is 97.4 Å². The monoisotopic (exact) mass is 579 g/mol. The molecule has 0 amide bonds. The number of aromatic carboxylic acids is 1. The normalized spacial score (nSPS) is 14.6. The average Bonchev–Trinajstić information content (AvgIpc) is 3.64. The molecule has 1 aliphatic rings. The van der Waals surface area contributed by atoms with Crippen LogP contribution in [0.25, 0.3) is 22.2 Å². The Bertz CT molecular complexity index is 1870. The van der Waals surface area contributed by atoms with Crippen LogP contribution in [0, 0.1) is 23.0 Å². The molecule has 7 nitrogen and oxygen atoms in total. The zero-order chi connectivity index (χ0) is 29.9. The largest absolute Gasteiger partial charge is 0.489 e. The maximum atomic E-state index is 15.5. The van der Waals surface area contributed by atoms with Crippen molar-refractivity contribution in [3.8, 4) is 22.9 Å². The number of carboxylic acid groups (broad SMARTS) is 1. The molecule has 0 radical (unpaired) electrons. The van der Waals surface area contributed by atoms with Crippen LogP contribution in [0.15, 0.2) is 78.9 Å². The molecule has 1 fully saturated rings. The molecule has 1 atom stereocenters. The zero-order valence-corrected chi connectivity index (χ0v) is 23.1. The second-order valence-electron chi connectivity index (χ2n) is 10.5. The summed E-state index contributed by atoms with van der Waals surface area (Å²) in [5, 5.41) is 18.4. The van der Waals surface area contributed by atoms with Crippen molar-refractivity contribution in [3.05, 3.63) is 119 Å². The minimum atomic E-state index is -1.01. The number of ether oxygens (including phenoxy) is 2. The molecule has 4 aromatic carbocycles.